The van der Waals surface area contributed by atoms with Gasteiger partial charge in [0.25, 0.3) is 0 Å². The van der Waals surface area contributed by atoms with Crippen LogP contribution in [0.15, 0.2) is 48.5 Å². The lowest BCUT2D eigenvalue weighted by molar-refractivity contribution is -0.247. The molecule has 5 rings (SSSR count). The highest BCUT2D eigenvalue weighted by atomic mass is 19.4. The van der Waals surface area contributed by atoms with Crippen LogP contribution in [0.3, 0.4) is 0 Å². The molecule has 3 N–H and O–H groups in total. The average Bonchev–Trinajstić information content (AvgIpc) is 3.26. The first-order valence-electron chi connectivity index (χ1n) is 11.6. The molecule has 13 heteroatoms. The van der Waals surface area contributed by atoms with E-state index in [2.05, 4.69) is 16.0 Å². The molecule has 10 nitrogen and oxygen atoms in total. The first-order chi connectivity index (χ1) is 17.4. The summed E-state index contributed by atoms with van der Waals surface area (Å²) in [5.74, 6) is -0.760. The predicted octanol–water partition coefficient (Wildman–Crippen LogP) is 4.29. The van der Waals surface area contributed by atoms with E-state index in [0.29, 0.717) is 17.9 Å². The smallest absolute Gasteiger partial charge is 0.346 e. The number of nitrogens with zero attached hydrogens (tertiary/aromatic N) is 2. The predicted molar refractivity (Wildman–Crippen MR) is 127 cm³/mol. The fourth-order valence-electron chi connectivity index (χ4n) is 4.70. The molecular weight excluding hydrogens is 495 g/mol. The van der Waals surface area contributed by atoms with E-state index in [0.717, 1.165) is 12.1 Å². The molecule has 2 bridgehead atoms. The van der Waals surface area contributed by atoms with E-state index in [1.54, 1.807) is 36.3 Å². The van der Waals surface area contributed by atoms with Crippen molar-refractivity contribution in [3.63, 3.8) is 0 Å². The summed E-state index contributed by atoms with van der Waals surface area (Å²) in [6.07, 6.45) is -6.06. The van der Waals surface area contributed by atoms with E-state index in [4.69, 9.17) is 14.2 Å². The van der Waals surface area contributed by atoms with Crippen LogP contribution in [-0.4, -0.2) is 66.0 Å². The number of likely N-dealkylation sites (N-methyl/N-ethyl adjacent to an activating group) is 1. The van der Waals surface area contributed by atoms with Gasteiger partial charge in [-0.1, -0.05) is 6.07 Å². The van der Waals surface area contributed by atoms with Crippen LogP contribution in [0, 0.1) is 0 Å². The molecule has 3 aliphatic rings. The summed E-state index contributed by atoms with van der Waals surface area (Å²) in [5.41, 5.74) is -0.0287. The second kappa shape index (κ2) is 9.17. The number of alkyl halides is 3. The number of carbonyl (C=O) groups is 2. The Morgan fingerprint density at radius 2 is 1.57 bits per heavy atom. The van der Waals surface area contributed by atoms with Crippen LogP contribution in [0.25, 0.3) is 0 Å². The van der Waals surface area contributed by atoms with E-state index < -0.39 is 41.9 Å². The van der Waals surface area contributed by atoms with Crippen molar-refractivity contribution >= 4 is 29.1 Å². The minimum Gasteiger partial charge on any atom is -0.346 e. The first-order valence-corrected chi connectivity index (χ1v) is 11.6. The maximum absolute atomic E-state index is 13.1. The lowest BCUT2D eigenvalue weighted by Gasteiger charge is -2.42. The third kappa shape index (κ3) is 5.21. The fraction of sp³-hybridized carbons (Fsp3) is 0.417. The van der Waals surface area contributed by atoms with Gasteiger partial charge in [-0.3, -0.25) is 0 Å². The average molecular weight is 521 g/mol. The van der Waals surface area contributed by atoms with E-state index in [-0.39, 0.29) is 17.9 Å². The Balaban J connectivity index is 1.19. The van der Waals surface area contributed by atoms with Gasteiger partial charge in [0.15, 0.2) is 12.0 Å². The van der Waals surface area contributed by atoms with E-state index >= 15 is 0 Å². The Labute approximate surface area is 210 Å². The molecule has 3 fully saturated rings. The number of hydrazine groups is 1. The molecule has 2 aromatic carbocycles. The molecule has 0 aromatic heterocycles. The molecule has 0 aliphatic carbocycles. The normalized spacial score (nSPS) is 26.5. The molecule has 4 atom stereocenters. The van der Waals surface area contributed by atoms with Gasteiger partial charge >= 0.3 is 18.2 Å². The lowest BCUT2D eigenvalue weighted by atomic mass is 10.1. The largest absolute Gasteiger partial charge is 0.416 e. The number of amides is 4. The van der Waals surface area contributed by atoms with Crippen molar-refractivity contribution in [1.82, 2.24) is 10.0 Å². The zero-order chi connectivity index (χ0) is 26.5. The molecule has 0 unspecified atom stereocenters. The third-order valence-corrected chi connectivity index (χ3v) is 6.23. The molecule has 0 radical (unpaired) electrons. The van der Waals surface area contributed by atoms with Crippen molar-refractivity contribution in [3.8, 4) is 0 Å². The number of anilines is 3. The summed E-state index contributed by atoms with van der Waals surface area (Å²) in [6.45, 7) is 4.10. The SMILES string of the molecule is CN1C[C@H]2O[C@H]([C@@H]3OC(C)(C)O[C@@H]32)N1C(=O)Nc1ccc(NC(=O)Nc2cccc(C(F)(F)F)c2)cc1. The Morgan fingerprint density at radius 3 is 2.24 bits per heavy atom. The molecule has 198 valence electrons. The molecule has 3 aliphatic heterocycles. The van der Waals surface area contributed by atoms with Gasteiger partial charge in [-0.2, -0.15) is 13.2 Å². The van der Waals surface area contributed by atoms with Crippen LogP contribution in [0.2, 0.25) is 0 Å². The first kappa shape index (κ1) is 25.3. The molecule has 3 saturated heterocycles. The van der Waals surface area contributed by atoms with Crippen LogP contribution < -0.4 is 16.0 Å². The molecule has 4 amide bonds. The summed E-state index contributed by atoms with van der Waals surface area (Å²) in [7, 11) is 1.78. The van der Waals surface area contributed by atoms with Gasteiger partial charge < -0.3 is 30.2 Å². The highest BCUT2D eigenvalue weighted by Crippen LogP contribution is 2.42. The maximum Gasteiger partial charge on any atom is 0.416 e. The summed E-state index contributed by atoms with van der Waals surface area (Å²) < 4.78 is 56.6. The fourth-order valence-corrected chi connectivity index (χ4v) is 4.70. The van der Waals surface area contributed by atoms with Gasteiger partial charge in [-0.15, -0.1) is 0 Å². The Bertz CT molecular complexity index is 1190. The van der Waals surface area contributed by atoms with Gasteiger partial charge in [0.05, 0.1) is 5.56 Å². The van der Waals surface area contributed by atoms with Gasteiger partial charge in [-0.25, -0.2) is 19.6 Å². The minimum atomic E-state index is -4.51. The highest BCUT2D eigenvalue weighted by Gasteiger charge is 2.61. The van der Waals surface area contributed by atoms with Crippen molar-refractivity contribution < 1.29 is 37.0 Å². The monoisotopic (exact) mass is 521 g/mol. The quantitative estimate of drug-likeness (QED) is 0.557. The number of urea groups is 2. The topological polar surface area (TPSA) is 104 Å². The van der Waals surface area contributed by atoms with E-state index in [1.807, 2.05) is 13.8 Å². The number of ether oxygens (including phenoxy) is 3. The zero-order valence-corrected chi connectivity index (χ0v) is 20.2. The van der Waals surface area contributed by atoms with Crippen molar-refractivity contribution in [2.45, 2.75) is 50.4 Å². The Morgan fingerprint density at radius 1 is 0.946 bits per heavy atom. The second-order valence-electron chi connectivity index (χ2n) is 9.48. The molecule has 0 saturated carbocycles. The molecular formula is C24H26F3N5O5. The molecule has 2 aromatic rings. The van der Waals surface area contributed by atoms with E-state index in [1.165, 1.54) is 17.1 Å². The number of halogens is 3. The van der Waals surface area contributed by atoms with Gasteiger partial charge in [-0.05, 0) is 56.3 Å². The van der Waals surface area contributed by atoms with Crippen LogP contribution in [0.5, 0.6) is 0 Å². The number of benzene rings is 2. The standard InChI is InChI=1S/C24H26F3N5O5/c1-23(2)36-18-17-12-31(3)32(20(35-17)19(18)37-23)22(34)30-15-9-7-14(8-10-15)28-21(33)29-16-6-4-5-13(11-16)24(25,26)27/h4-11,17-20H,12H2,1-3H3,(H,30,34)(H2,28,29,33)/t17-,18-,19-,20-/m1/s1. The maximum atomic E-state index is 13.1. The highest BCUT2D eigenvalue weighted by molar-refractivity contribution is 6.00. The molecule has 3 heterocycles. The second-order valence-corrected chi connectivity index (χ2v) is 9.48. The Kier molecular flexibility index (Phi) is 6.26. The van der Waals surface area contributed by atoms with Gasteiger partial charge in [0, 0.05) is 30.7 Å². The number of hydrogen-bond donors (Lipinski definition) is 3. The number of hydrogen-bond acceptors (Lipinski definition) is 6. The number of rotatable bonds is 3. The van der Waals surface area contributed by atoms with Gasteiger partial charge in [0.1, 0.15) is 18.3 Å². The molecule has 37 heavy (non-hydrogen) atoms. The van der Waals surface area contributed by atoms with Gasteiger partial charge in [0.2, 0.25) is 0 Å². The Hall–Kier alpha value is -3.39. The summed E-state index contributed by atoms with van der Waals surface area (Å²) in [4.78, 5) is 25.4. The number of fused-ring (bicyclic) bond motifs is 5. The summed E-state index contributed by atoms with van der Waals surface area (Å²) >= 11 is 0. The van der Waals surface area contributed by atoms with Crippen molar-refractivity contribution in [1.29, 1.82) is 0 Å². The van der Waals surface area contributed by atoms with Crippen LogP contribution in [-0.2, 0) is 20.4 Å². The van der Waals surface area contributed by atoms with Crippen molar-refractivity contribution in [2.24, 2.45) is 0 Å². The summed E-state index contributed by atoms with van der Waals surface area (Å²) in [5, 5.41) is 10.9. The van der Waals surface area contributed by atoms with E-state index in [9.17, 15) is 22.8 Å². The number of nitrogens with one attached hydrogen (secondary N) is 3. The van der Waals surface area contributed by atoms with Crippen LogP contribution in [0.1, 0.15) is 19.4 Å². The summed E-state index contributed by atoms with van der Waals surface area (Å²) in [6, 6.07) is 9.46. The van der Waals surface area contributed by atoms with Crippen molar-refractivity contribution in [2.75, 3.05) is 29.5 Å². The zero-order valence-electron chi connectivity index (χ0n) is 20.2. The van der Waals surface area contributed by atoms with Crippen LogP contribution >= 0.6 is 0 Å². The third-order valence-electron chi connectivity index (χ3n) is 6.23. The number of carbonyl (C=O) groups excluding carboxylic acids is 2. The van der Waals surface area contributed by atoms with Crippen molar-refractivity contribution in [3.05, 3.63) is 54.1 Å². The van der Waals surface area contributed by atoms with Crippen LogP contribution in [0.4, 0.5) is 39.8 Å². The lowest BCUT2D eigenvalue weighted by Crippen LogP contribution is -2.59. The molecule has 0 spiro atoms. The minimum absolute atomic E-state index is 0.000463.